The summed E-state index contributed by atoms with van der Waals surface area (Å²) < 4.78 is 0. The highest BCUT2D eigenvalue weighted by Gasteiger charge is 2.12. The van der Waals surface area contributed by atoms with Crippen molar-refractivity contribution in [3.8, 4) is 11.4 Å². The average Bonchev–Trinajstić information content (AvgIpc) is 2.57. The van der Waals surface area contributed by atoms with E-state index in [0.29, 0.717) is 21.2 Å². The van der Waals surface area contributed by atoms with Crippen LogP contribution in [0.1, 0.15) is 10.4 Å². The molecule has 0 aliphatic rings. The first-order chi connectivity index (χ1) is 11.5. The van der Waals surface area contributed by atoms with Gasteiger partial charge in [0.1, 0.15) is 0 Å². The van der Waals surface area contributed by atoms with E-state index in [9.17, 15) is 4.79 Å². The van der Waals surface area contributed by atoms with Crippen molar-refractivity contribution in [3.05, 3.63) is 58.3 Å². The van der Waals surface area contributed by atoms with Crippen LogP contribution >= 0.6 is 23.2 Å². The van der Waals surface area contributed by atoms with Crippen LogP contribution in [-0.4, -0.2) is 25.8 Å². The standard InChI is InChI=1S/C15H10Cl2N6O/c16-10-4-3-8(6-11(10)17)12-20-14(18)23-15(21-12)22-13(24)9-2-1-5-19-7-9/h1-7H,(H3,18,20,21,22,23,24). The third-order valence-electron chi connectivity index (χ3n) is 2.98. The molecule has 2 heterocycles. The second kappa shape index (κ2) is 6.77. The summed E-state index contributed by atoms with van der Waals surface area (Å²) in [7, 11) is 0. The number of nitrogens with zero attached hydrogens (tertiary/aromatic N) is 4. The van der Waals surface area contributed by atoms with Crippen molar-refractivity contribution in [1.29, 1.82) is 0 Å². The summed E-state index contributed by atoms with van der Waals surface area (Å²) in [5, 5.41) is 3.32. The van der Waals surface area contributed by atoms with Crippen LogP contribution in [-0.2, 0) is 0 Å². The zero-order chi connectivity index (χ0) is 17.1. The van der Waals surface area contributed by atoms with Crippen molar-refractivity contribution >= 4 is 41.0 Å². The van der Waals surface area contributed by atoms with Gasteiger partial charge in [-0.05, 0) is 30.3 Å². The number of pyridine rings is 1. The number of amides is 1. The molecule has 1 amide bonds. The smallest absolute Gasteiger partial charge is 0.259 e. The highest BCUT2D eigenvalue weighted by Crippen LogP contribution is 2.27. The minimum absolute atomic E-state index is 0.0254. The number of halogens is 2. The van der Waals surface area contributed by atoms with Crippen LogP contribution in [0.4, 0.5) is 11.9 Å². The van der Waals surface area contributed by atoms with Gasteiger partial charge in [0, 0.05) is 18.0 Å². The van der Waals surface area contributed by atoms with Gasteiger partial charge in [0.2, 0.25) is 11.9 Å². The average molecular weight is 361 g/mol. The molecular formula is C15H10Cl2N6O. The molecule has 0 spiro atoms. The van der Waals surface area contributed by atoms with Gasteiger partial charge in [0.05, 0.1) is 15.6 Å². The first-order valence-corrected chi connectivity index (χ1v) is 7.47. The van der Waals surface area contributed by atoms with E-state index in [-0.39, 0.29) is 17.7 Å². The molecule has 1 aromatic carbocycles. The minimum atomic E-state index is -0.409. The number of nitrogens with one attached hydrogen (secondary N) is 1. The van der Waals surface area contributed by atoms with E-state index < -0.39 is 5.91 Å². The van der Waals surface area contributed by atoms with Gasteiger partial charge in [-0.25, -0.2) is 0 Å². The van der Waals surface area contributed by atoms with Crippen LogP contribution in [0.3, 0.4) is 0 Å². The molecular weight excluding hydrogens is 351 g/mol. The Morgan fingerprint density at radius 1 is 1.08 bits per heavy atom. The third-order valence-corrected chi connectivity index (χ3v) is 3.72. The summed E-state index contributed by atoms with van der Waals surface area (Å²) >= 11 is 11.9. The lowest BCUT2D eigenvalue weighted by Crippen LogP contribution is -2.16. The number of carbonyl (C=O) groups is 1. The monoisotopic (exact) mass is 360 g/mol. The van der Waals surface area contributed by atoms with Crippen LogP contribution in [0.15, 0.2) is 42.7 Å². The van der Waals surface area contributed by atoms with E-state index in [1.807, 2.05) is 0 Å². The lowest BCUT2D eigenvalue weighted by atomic mass is 10.2. The Labute approximate surface area is 146 Å². The maximum absolute atomic E-state index is 12.1. The fraction of sp³-hybridized carbons (Fsp3) is 0. The van der Waals surface area contributed by atoms with E-state index in [4.69, 9.17) is 28.9 Å². The first kappa shape index (κ1) is 16.1. The lowest BCUT2D eigenvalue weighted by molar-refractivity contribution is 0.102. The van der Waals surface area contributed by atoms with Crippen molar-refractivity contribution in [2.45, 2.75) is 0 Å². The molecule has 0 saturated heterocycles. The molecule has 0 saturated carbocycles. The Balaban J connectivity index is 1.91. The molecule has 0 aliphatic heterocycles. The molecule has 0 radical (unpaired) electrons. The van der Waals surface area contributed by atoms with Gasteiger partial charge in [-0.15, -0.1) is 0 Å². The Bertz CT molecular complexity index is 904. The van der Waals surface area contributed by atoms with Gasteiger partial charge in [-0.3, -0.25) is 15.1 Å². The molecule has 120 valence electrons. The van der Waals surface area contributed by atoms with Crippen LogP contribution in [0, 0.1) is 0 Å². The molecule has 9 heteroatoms. The topological polar surface area (TPSA) is 107 Å². The third kappa shape index (κ3) is 3.58. The summed E-state index contributed by atoms with van der Waals surface area (Å²) in [5.74, 6) is -0.152. The lowest BCUT2D eigenvalue weighted by Gasteiger charge is -2.07. The van der Waals surface area contributed by atoms with E-state index in [1.54, 1.807) is 36.5 Å². The molecule has 3 rings (SSSR count). The minimum Gasteiger partial charge on any atom is -0.368 e. The van der Waals surface area contributed by atoms with E-state index in [1.165, 1.54) is 6.20 Å². The molecule has 7 nitrogen and oxygen atoms in total. The summed E-state index contributed by atoms with van der Waals surface area (Å²) in [6.45, 7) is 0. The number of anilines is 2. The van der Waals surface area contributed by atoms with E-state index >= 15 is 0 Å². The van der Waals surface area contributed by atoms with Crippen LogP contribution in [0.5, 0.6) is 0 Å². The van der Waals surface area contributed by atoms with Crippen LogP contribution in [0.2, 0.25) is 10.0 Å². The molecule has 0 bridgehead atoms. The number of hydrogen-bond acceptors (Lipinski definition) is 6. The fourth-order valence-electron chi connectivity index (χ4n) is 1.88. The van der Waals surface area contributed by atoms with Gasteiger partial charge < -0.3 is 5.73 Å². The van der Waals surface area contributed by atoms with Gasteiger partial charge in [-0.2, -0.15) is 15.0 Å². The predicted octanol–water partition coefficient (Wildman–Crippen LogP) is 3.07. The zero-order valence-electron chi connectivity index (χ0n) is 12.1. The summed E-state index contributed by atoms with van der Waals surface area (Å²) in [4.78, 5) is 28.2. The molecule has 0 fully saturated rings. The molecule has 0 aliphatic carbocycles. The van der Waals surface area contributed by atoms with Gasteiger partial charge in [0.15, 0.2) is 5.82 Å². The second-order valence-electron chi connectivity index (χ2n) is 4.67. The van der Waals surface area contributed by atoms with Gasteiger partial charge in [-0.1, -0.05) is 23.2 Å². The number of carbonyl (C=O) groups excluding carboxylic acids is 1. The highest BCUT2D eigenvalue weighted by atomic mass is 35.5. The summed E-state index contributed by atoms with van der Waals surface area (Å²) in [5.41, 5.74) is 6.66. The maximum atomic E-state index is 12.1. The number of nitrogen functional groups attached to an aromatic ring is 1. The van der Waals surface area contributed by atoms with Crippen LogP contribution in [0.25, 0.3) is 11.4 Å². The van der Waals surface area contributed by atoms with Crippen molar-refractivity contribution in [2.75, 3.05) is 11.1 Å². The number of rotatable bonds is 3. The molecule has 24 heavy (non-hydrogen) atoms. The van der Waals surface area contributed by atoms with Crippen molar-refractivity contribution < 1.29 is 4.79 Å². The van der Waals surface area contributed by atoms with E-state index in [0.717, 1.165) is 0 Å². The molecule has 2 aromatic heterocycles. The molecule has 3 aromatic rings. The van der Waals surface area contributed by atoms with Crippen molar-refractivity contribution in [3.63, 3.8) is 0 Å². The zero-order valence-corrected chi connectivity index (χ0v) is 13.6. The Morgan fingerprint density at radius 3 is 2.62 bits per heavy atom. The SMILES string of the molecule is Nc1nc(NC(=O)c2cccnc2)nc(-c2ccc(Cl)c(Cl)c2)n1. The second-order valence-corrected chi connectivity index (χ2v) is 5.48. The number of hydrogen-bond donors (Lipinski definition) is 2. The van der Waals surface area contributed by atoms with Gasteiger partial charge in [0.25, 0.3) is 5.91 Å². The highest BCUT2D eigenvalue weighted by molar-refractivity contribution is 6.42. The van der Waals surface area contributed by atoms with Crippen LogP contribution < -0.4 is 11.1 Å². The van der Waals surface area contributed by atoms with Gasteiger partial charge >= 0.3 is 0 Å². The predicted molar refractivity (Wildman–Crippen MR) is 91.9 cm³/mol. The number of aromatic nitrogens is 4. The molecule has 0 atom stereocenters. The van der Waals surface area contributed by atoms with Crippen molar-refractivity contribution in [1.82, 2.24) is 19.9 Å². The summed E-state index contributed by atoms with van der Waals surface area (Å²) in [6, 6.07) is 8.18. The Hall–Kier alpha value is -2.77. The first-order valence-electron chi connectivity index (χ1n) is 6.71. The Morgan fingerprint density at radius 2 is 1.92 bits per heavy atom. The normalized spacial score (nSPS) is 10.4. The van der Waals surface area contributed by atoms with Crippen molar-refractivity contribution in [2.24, 2.45) is 0 Å². The van der Waals surface area contributed by atoms with E-state index in [2.05, 4.69) is 25.3 Å². The Kier molecular flexibility index (Phi) is 4.54. The quantitative estimate of drug-likeness (QED) is 0.743. The maximum Gasteiger partial charge on any atom is 0.259 e. The molecule has 3 N–H and O–H groups in total. The largest absolute Gasteiger partial charge is 0.368 e. The number of nitrogens with two attached hydrogens (primary N) is 1. The number of benzene rings is 1. The summed E-state index contributed by atoms with van der Waals surface area (Å²) in [6.07, 6.45) is 3.00. The molecule has 0 unspecified atom stereocenters. The fourth-order valence-corrected chi connectivity index (χ4v) is 2.18.